The molecule has 1 aromatic carbocycles. The maximum absolute atomic E-state index is 6.21. The zero-order valence-electron chi connectivity index (χ0n) is 9.07. The molecule has 0 aliphatic heterocycles. The molecule has 0 radical (unpaired) electrons. The van der Waals surface area contributed by atoms with E-state index in [0.717, 1.165) is 23.1 Å². The number of hydrogen-bond donors (Lipinski definition) is 2. The lowest BCUT2D eigenvalue weighted by Crippen LogP contribution is -2.09. The van der Waals surface area contributed by atoms with Crippen molar-refractivity contribution in [3.63, 3.8) is 0 Å². The Bertz CT molecular complexity index is 465. The molecule has 16 heavy (non-hydrogen) atoms. The van der Waals surface area contributed by atoms with Crippen LogP contribution in [0.15, 0.2) is 30.6 Å². The number of halogens is 1. The Morgan fingerprint density at radius 1 is 1.44 bits per heavy atom. The summed E-state index contributed by atoms with van der Waals surface area (Å²) in [6.07, 6.45) is 4.49. The summed E-state index contributed by atoms with van der Waals surface area (Å²) in [5, 5.41) is 7.40. The number of aromatic nitrogens is 2. The summed E-state index contributed by atoms with van der Waals surface area (Å²) in [4.78, 5) is 0. The molecule has 0 spiro atoms. The first-order valence-electron chi connectivity index (χ1n) is 5.26. The van der Waals surface area contributed by atoms with Gasteiger partial charge >= 0.3 is 0 Å². The molecule has 0 aliphatic carbocycles. The zero-order chi connectivity index (χ0) is 11.5. The Hall–Kier alpha value is -1.32. The summed E-state index contributed by atoms with van der Waals surface area (Å²) in [6.45, 7) is 2.05. The third kappa shape index (κ3) is 2.10. The lowest BCUT2D eigenvalue weighted by Gasteiger charge is -2.12. The van der Waals surface area contributed by atoms with Crippen molar-refractivity contribution >= 4 is 11.6 Å². The van der Waals surface area contributed by atoms with Gasteiger partial charge < -0.3 is 5.73 Å². The molecule has 1 heterocycles. The van der Waals surface area contributed by atoms with Gasteiger partial charge in [-0.25, -0.2) is 0 Å². The van der Waals surface area contributed by atoms with Crippen LogP contribution < -0.4 is 5.73 Å². The molecule has 0 bridgehead atoms. The highest BCUT2D eigenvalue weighted by atomic mass is 35.5. The highest BCUT2D eigenvalue weighted by molar-refractivity contribution is 6.31. The lowest BCUT2D eigenvalue weighted by atomic mass is 10.0. The number of benzene rings is 1. The maximum atomic E-state index is 6.21. The van der Waals surface area contributed by atoms with E-state index in [4.69, 9.17) is 17.3 Å². The van der Waals surface area contributed by atoms with Crippen LogP contribution in [-0.4, -0.2) is 10.2 Å². The van der Waals surface area contributed by atoms with Gasteiger partial charge in [0.15, 0.2) is 0 Å². The quantitative estimate of drug-likeness (QED) is 0.859. The third-order valence-electron chi connectivity index (χ3n) is 2.67. The van der Waals surface area contributed by atoms with Gasteiger partial charge in [-0.15, -0.1) is 0 Å². The van der Waals surface area contributed by atoms with E-state index < -0.39 is 0 Å². The second-order valence-electron chi connectivity index (χ2n) is 3.74. The number of aromatic amines is 1. The third-order valence-corrected chi connectivity index (χ3v) is 3.00. The van der Waals surface area contributed by atoms with Crippen LogP contribution in [0.2, 0.25) is 5.02 Å². The number of nitrogens with zero attached hydrogens (tertiary/aromatic N) is 1. The van der Waals surface area contributed by atoms with Crippen molar-refractivity contribution in [2.45, 2.75) is 19.4 Å². The van der Waals surface area contributed by atoms with E-state index in [1.165, 1.54) is 0 Å². The van der Waals surface area contributed by atoms with Gasteiger partial charge in [0, 0.05) is 22.8 Å². The zero-order valence-corrected chi connectivity index (χ0v) is 9.83. The molecule has 3 N–H and O–H groups in total. The van der Waals surface area contributed by atoms with E-state index in [0.29, 0.717) is 5.02 Å². The van der Waals surface area contributed by atoms with E-state index in [9.17, 15) is 0 Å². The van der Waals surface area contributed by atoms with Crippen LogP contribution in [0.5, 0.6) is 0 Å². The topological polar surface area (TPSA) is 54.7 Å². The predicted octanol–water partition coefficient (Wildman–Crippen LogP) is 3.14. The first-order chi connectivity index (χ1) is 7.72. The lowest BCUT2D eigenvalue weighted by molar-refractivity contribution is 0.699. The molecule has 3 nitrogen and oxygen atoms in total. The molecule has 0 fully saturated rings. The predicted molar refractivity (Wildman–Crippen MR) is 66.3 cm³/mol. The van der Waals surface area contributed by atoms with Crippen molar-refractivity contribution in [3.8, 4) is 11.1 Å². The van der Waals surface area contributed by atoms with Crippen LogP contribution in [0.1, 0.15) is 24.9 Å². The van der Waals surface area contributed by atoms with Crippen LogP contribution in [0.25, 0.3) is 11.1 Å². The van der Waals surface area contributed by atoms with Gasteiger partial charge in [-0.3, -0.25) is 5.10 Å². The van der Waals surface area contributed by atoms with Gasteiger partial charge in [0.2, 0.25) is 0 Å². The van der Waals surface area contributed by atoms with Crippen molar-refractivity contribution in [1.29, 1.82) is 0 Å². The van der Waals surface area contributed by atoms with Crippen molar-refractivity contribution in [1.82, 2.24) is 10.2 Å². The van der Waals surface area contributed by atoms with Crippen LogP contribution >= 0.6 is 11.6 Å². The van der Waals surface area contributed by atoms with Crippen molar-refractivity contribution in [2.24, 2.45) is 5.73 Å². The largest absolute Gasteiger partial charge is 0.324 e. The van der Waals surface area contributed by atoms with E-state index in [2.05, 4.69) is 10.2 Å². The normalized spacial score (nSPS) is 12.7. The molecular weight excluding hydrogens is 222 g/mol. The fourth-order valence-corrected chi connectivity index (χ4v) is 1.96. The number of H-pyrrole nitrogens is 1. The van der Waals surface area contributed by atoms with Crippen molar-refractivity contribution < 1.29 is 0 Å². The Labute approximate surface area is 99.6 Å². The molecule has 1 unspecified atom stereocenters. The number of rotatable bonds is 3. The van der Waals surface area contributed by atoms with Gasteiger partial charge in [-0.05, 0) is 23.6 Å². The molecule has 0 amide bonds. The van der Waals surface area contributed by atoms with Crippen molar-refractivity contribution in [2.75, 3.05) is 0 Å². The first-order valence-corrected chi connectivity index (χ1v) is 5.64. The summed E-state index contributed by atoms with van der Waals surface area (Å²) in [7, 11) is 0. The second kappa shape index (κ2) is 4.68. The highest BCUT2D eigenvalue weighted by Crippen LogP contribution is 2.28. The number of nitrogens with two attached hydrogens (primary N) is 1. The SMILES string of the molecule is CCC(N)c1ccc(-c2cn[nH]c2)cc1Cl. The number of nitrogens with one attached hydrogen (secondary N) is 1. The van der Waals surface area contributed by atoms with Gasteiger partial charge in [-0.2, -0.15) is 5.10 Å². The molecule has 2 aromatic rings. The van der Waals surface area contributed by atoms with Crippen LogP contribution in [0.3, 0.4) is 0 Å². The van der Waals surface area contributed by atoms with Crippen LogP contribution in [0.4, 0.5) is 0 Å². The summed E-state index contributed by atoms with van der Waals surface area (Å²) in [5.74, 6) is 0. The fraction of sp³-hybridized carbons (Fsp3) is 0.250. The average molecular weight is 236 g/mol. The minimum atomic E-state index is 0.00546. The Morgan fingerprint density at radius 3 is 2.81 bits per heavy atom. The average Bonchev–Trinajstić information content (AvgIpc) is 2.81. The first kappa shape index (κ1) is 11.2. The number of hydrogen-bond acceptors (Lipinski definition) is 2. The molecule has 2 rings (SSSR count). The molecular formula is C12H14ClN3. The Balaban J connectivity index is 2.37. The van der Waals surface area contributed by atoms with E-state index in [1.54, 1.807) is 6.20 Å². The van der Waals surface area contributed by atoms with E-state index >= 15 is 0 Å². The summed E-state index contributed by atoms with van der Waals surface area (Å²) in [5.41, 5.74) is 9.03. The molecule has 1 aromatic heterocycles. The monoisotopic (exact) mass is 235 g/mol. The van der Waals surface area contributed by atoms with Gasteiger partial charge in [0.05, 0.1) is 6.20 Å². The van der Waals surface area contributed by atoms with E-state index in [-0.39, 0.29) is 6.04 Å². The summed E-state index contributed by atoms with van der Waals surface area (Å²) >= 11 is 6.21. The van der Waals surface area contributed by atoms with Gasteiger partial charge in [0.1, 0.15) is 0 Å². The molecule has 0 aliphatic rings. The molecule has 0 saturated heterocycles. The molecule has 84 valence electrons. The van der Waals surface area contributed by atoms with Gasteiger partial charge in [0.25, 0.3) is 0 Å². The molecule has 1 atom stereocenters. The van der Waals surface area contributed by atoms with Crippen LogP contribution in [-0.2, 0) is 0 Å². The van der Waals surface area contributed by atoms with Crippen molar-refractivity contribution in [3.05, 3.63) is 41.2 Å². The van der Waals surface area contributed by atoms with E-state index in [1.807, 2.05) is 31.3 Å². The summed E-state index contributed by atoms with van der Waals surface area (Å²) < 4.78 is 0. The second-order valence-corrected chi connectivity index (χ2v) is 4.15. The smallest absolute Gasteiger partial charge is 0.0565 e. The fourth-order valence-electron chi connectivity index (χ4n) is 1.64. The van der Waals surface area contributed by atoms with Gasteiger partial charge in [-0.1, -0.05) is 30.7 Å². The van der Waals surface area contributed by atoms with Crippen LogP contribution in [0, 0.1) is 0 Å². The Morgan fingerprint density at radius 2 is 2.25 bits per heavy atom. The minimum Gasteiger partial charge on any atom is -0.324 e. The minimum absolute atomic E-state index is 0.00546. The summed E-state index contributed by atoms with van der Waals surface area (Å²) in [6, 6.07) is 5.93. The Kier molecular flexibility index (Phi) is 3.27. The standard InChI is InChI=1S/C12H14ClN3/c1-2-12(14)10-4-3-8(5-11(10)13)9-6-15-16-7-9/h3-7,12H,2,14H2,1H3,(H,15,16). The molecule has 0 saturated carbocycles. The molecule has 4 heteroatoms. The highest BCUT2D eigenvalue weighted by Gasteiger charge is 2.09. The maximum Gasteiger partial charge on any atom is 0.0565 e.